The topological polar surface area (TPSA) is 95.5 Å². The first-order chi connectivity index (χ1) is 9.47. The predicted octanol–water partition coefficient (Wildman–Crippen LogP) is 0.325. The Kier molecular flexibility index (Phi) is 6.22. The number of nitrogens with one attached hydrogen (secondary N) is 2. The highest BCUT2D eigenvalue weighted by molar-refractivity contribution is 5.86. The zero-order valence-electron chi connectivity index (χ0n) is 11.3. The van der Waals surface area contributed by atoms with Crippen LogP contribution < -0.4 is 10.6 Å². The highest BCUT2D eigenvalue weighted by atomic mass is 16.4. The van der Waals surface area contributed by atoms with Crippen molar-refractivity contribution in [3.8, 4) is 0 Å². The fourth-order valence-corrected chi connectivity index (χ4v) is 1.66. The molecule has 0 aromatic heterocycles. The number of carboxylic acids is 1. The van der Waals surface area contributed by atoms with Crippen molar-refractivity contribution in [1.29, 1.82) is 0 Å². The van der Waals surface area contributed by atoms with E-state index in [1.165, 1.54) is 0 Å². The van der Waals surface area contributed by atoms with Crippen molar-refractivity contribution in [2.75, 3.05) is 6.54 Å². The Morgan fingerprint density at radius 1 is 1.15 bits per heavy atom. The van der Waals surface area contributed by atoms with Crippen LogP contribution in [0.2, 0.25) is 0 Å². The maximum absolute atomic E-state index is 11.6. The summed E-state index contributed by atoms with van der Waals surface area (Å²) in [6.45, 7) is 1.44. The minimum absolute atomic E-state index is 0.149. The summed E-state index contributed by atoms with van der Waals surface area (Å²) in [4.78, 5) is 33.5. The maximum Gasteiger partial charge on any atom is 0.305 e. The van der Waals surface area contributed by atoms with E-state index in [1.807, 2.05) is 30.3 Å². The van der Waals surface area contributed by atoms with Crippen molar-refractivity contribution < 1.29 is 19.5 Å². The van der Waals surface area contributed by atoms with E-state index in [1.54, 1.807) is 6.92 Å². The number of amides is 2. The summed E-state index contributed by atoms with van der Waals surface area (Å²) >= 11 is 0. The molecule has 0 aliphatic carbocycles. The monoisotopic (exact) mass is 278 g/mol. The quantitative estimate of drug-likeness (QED) is 0.669. The Labute approximate surface area is 117 Å². The van der Waals surface area contributed by atoms with Crippen molar-refractivity contribution in [1.82, 2.24) is 10.6 Å². The van der Waals surface area contributed by atoms with Gasteiger partial charge in [0.25, 0.3) is 0 Å². The normalized spacial score (nSPS) is 11.4. The molecule has 1 aromatic carbocycles. The molecule has 20 heavy (non-hydrogen) atoms. The number of carbonyl (C=O) groups excluding carboxylic acids is 2. The summed E-state index contributed by atoms with van der Waals surface area (Å²) in [6.07, 6.45) is 0.0580. The summed E-state index contributed by atoms with van der Waals surface area (Å²) in [5.41, 5.74) is 0.865. The lowest BCUT2D eigenvalue weighted by Crippen LogP contribution is -2.41. The third-order valence-electron chi connectivity index (χ3n) is 2.54. The van der Waals surface area contributed by atoms with Gasteiger partial charge in [0.15, 0.2) is 0 Å². The minimum Gasteiger partial charge on any atom is -0.481 e. The molecule has 0 saturated heterocycles. The molecule has 1 aromatic rings. The average molecular weight is 278 g/mol. The lowest BCUT2D eigenvalue weighted by molar-refractivity contribution is -0.137. The smallest absolute Gasteiger partial charge is 0.305 e. The molecular formula is C14H18N2O4. The predicted molar refractivity (Wildman–Crippen MR) is 73.0 cm³/mol. The molecule has 0 saturated carbocycles. The molecule has 1 atom stereocenters. The molecule has 0 aliphatic heterocycles. The Balaban J connectivity index is 2.27. The summed E-state index contributed by atoms with van der Waals surface area (Å²) in [5.74, 6) is -1.64. The zero-order valence-corrected chi connectivity index (χ0v) is 11.3. The van der Waals surface area contributed by atoms with Crippen LogP contribution in [0.5, 0.6) is 0 Å². The van der Waals surface area contributed by atoms with Crippen LogP contribution in [-0.4, -0.2) is 35.5 Å². The highest BCUT2D eigenvalue weighted by Crippen LogP contribution is 1.98. The molecule has 0 aliphatic rings. The van der Waals surface area contributed by atoms with Crippen LogP contribution in [0.3, 0.4) is 0 Å². The number of benzene rings is 1. The number of carboxylic acid groups (broad SMARTS) is 1. The van der Waals surface area contributed by atoms with E-state index < -0.39 is 17.9 Å². The molecule has 0 bridgehead atoms. The van der Waals surface area contributed by atoms with Crippen LogP contribution in [0.1, 0.15) is 18.9 Å². The van der Waals surface area contributed by atoms with E-state index in [0.717, 1.165) is 5.56 Å². The van der Waals surface area contributed by atoms with Gasteiger partial charge in [0.2, 0.25) is 11.8 Å². The number of rotatable bonds is 7. The van der Waals surface area contributed by atoms with Crippen LogP contribution in [-0.2, 0) is 20.8 Å². The molecule has 0 spiro atoms. The second-order valence-corrected chi connectivity index (χ2v) is 4.51. The molecule has 6 nitrogen and oxygen atoms in total. The molecule has 1 rings (SSSR count). The highest BCUT2D eigenvalue weighted by Gasteiger charge is 2.11. The van der Waals surface area contributed by atoms with Crippen LogP contribution in [0.4, 0.5) is 0 Å². The SMILES string of the molecule is CC(CC(=O)O)NC(=O)CNC(=O)Cc1ccccc1. The van der Waals surface area contributed by atoms with E-state index >= 15 is 0 Å². The van der Waals surface area contributed by atoms with Crippen molar-refractivity contribution in [2.24, 2.45) is 0 Å². The molecule has 0 heterocycles. The Morgan fingerprint density at radius 2 is 1.80 bits per heavy atom. The van der Waals surface area contributed by atoms with Gasteiger partial charge in [-0.1, -0.05) is 30.3 Å². The van der Waals surface area contributed by atoms with Gasteiger partial charge in [0, 0.05) is 6.04 Å². The second-order valence-electron chi connectivity index (χ2n) is 4.51. The van der Waals surface area contributed by atoms with Crippen LogP contribution >= 0.6 is 0 Å². The zero-order chi connectivity index (χ0) is 15.0. The van der Waals surface area contributed by atoms with Gasteiger partial charge in [-0.15, -0.1) is 0 Å². The van der Waals surface area contributed by atoms with E-state index in [2.05, 4.69) is 10.6 Å². The van der Waals surface area contributed by atoms with E-state index in [4.69, 9.17) is 5.11 Å². The molecule has 6 heteroatoms. The fraction of sp³-hybridized carbons (Fsp3) is 0.357. The molecule has 3 N–H and O–H groups in total. The summed E-state index contributed by atoms with van der Waals surface area (Å²) < 4.78 is 0. The number of carbonyl (C=O) groups is 3. The van der Waals surface area contributed by atoms with E-state index in [0.29, 0.717) is 0 Å². The Morgan fingerprint density at radius 3 is 2.40 bits per heavy atom. The second kappa shape index (κ2) is 7.93. The minimum atomic E-state index is -0.981. The van der Waals surface area contributed by atoms with Gasteiger partial charge in [-0.05, 0) is 12.5 Å². The number of aliphatic carboxylic acids is 1. The van der Waals surface area contributed by atoms with Gasteiger partial charge < -0.3 is 15.7 Å². The molecular weight excluding hydrogens is 260 g/mol. The van der Waals surface area contributed by atoms with E-state index in [9.17, 15) is 14.4 Å². The fourth-order valence-electron chi connectivity index (χ4n) is 1.66. The first kappa shape index (κ1) is 15.7. The average Bonchev–Trinajstić information content (AvgIpc) is 2.36. The molecule has 0 radical (unpaired) electrons. The van der Waals surface area contributed by atoms with Crippen molar-refractivity contribution >= 4 is 17.8 Å². The maximum atomic E-state index is 11.6. The van der Waals surface area contributed by atoms with Gasteiger partial charge >= 0.3 is 5.97 Å². The first-order valence-corrected chi connectivity index (χ1v) is 6.29. The largest absolute Gasteiger partial charge is 0.481 e. The van der Waals surface area contributed by atoms with Crippen molar-refractivity contribution in [3.05, 3.63) is 35.9 Å². The first-order valence-electron chi connectivity index (χ1n) is 6.29. The van der Waals surface area contributed by atoms with E-state index in [-0.39, 0.29) is 25.3 Å². The third kappa shape index (κ3) is 6.53. The van der Waals surface area contributed by atoms with Crippen molar-refractivity contribution in [3.63, 3.8) is 0 Å². The summed E-state index contributed by atoms with van der Waals surface area (Å²) in [6, 6.07) is 8.72. The van der Waals surface area contributed by atoms with Crippen LogP contribution in [0.15, 0.2) is 30.3 Å². The van der Waals surface area contributed by atoms with Gasteiger partial charge in [-0.2, -0.15) is 0 Å². The number of hydrogen-bond acceptors (Lipinski definition) is 3. The van der Waals surface area contributed by atoms with Gasteiger partial charge in [-0.3, -0.25) is 14.4 Å². The van der Waals surface area contributed by atoms with Gasteiger partial charge in [0.05, 0.1) is 19.4 Å². The Bertz CT molecular complexity index is 473. The van der Waals surface area contributed by atoms with Gasteiger partial charge in [0.1, 0.15) is 0 Å². The lowest BCUT2D eigenvalue weighted by Gasteiger charge is -2.12. The molecule has 0 fully saturated rings. The number of hydrogen-bond donors (Lipinski definition) is 3. The van der Waals surface area contributed by atoms with Crippen LogP contribution in [0, 0.1) is 0 Å². The third-order valence-corrected chi connectivity index (χ3v) is 2.54. The molecule has 1 unspecified atom stereocenters. The standard InChI is InChI=1S/C14H18N2O4/c1-10(7-14(19)20)16-13(18)9-15-12(17)8-11-5-3-2-4-6-11/h2-6,10H,7-9H2,1H3,(H,15,17)(H,16,18)(H,19,20). The molecule has 2 amide bonds. The molecule has 108 valence electrons. The summed E-state index contributed by atoms with van der Waals surface area (Å²) in [7, 11) is 0. The lowest BCUT2D eigenvalue weighted by atomic mass is 10.1. The van der Waals surface area contributed by atoms with Gasteiger partial charge in [-0.25, -0.2) is 0 Å². The summed E-state index contributed by atoms with van der Waals surface area (Å²) in [5, 5.41) is 13.5. The van der Waals surface area contributed by atoms with Crippen molar-refractivity contribution in [2.45, 2.75) is 25.8 Å². The Hall–Kier alpha value is -2.37. The van der Waals surface area contributed by atoms with Crippen LogP contribution in [0.25, 0.3) is 0 Å².